The molecular formula is C18H15NO6. The zero-order valence-electron chi connectivity index (χ0n) is 13.4. The zero-order valence-corrected chi connectivity index (χ0v) is 13.4. The standard InChI is InChI=1S/C18H15NO6/c1-22-18(21)15-8-7-14(25-15)11-23-16(20)9-13-10-24-17(19-13)12-5-3-2-4-6-12/h2-8,10H,9,11H2,1H3. The van der Waals surface area contributed by atoms with Gasteiger partial charge in [0.1, 0.15) is 18.6 Å². The number of rotatable bonds is 6. The van der Waals surface area contributed by atoms with E-state index in [-0.39, 0.29) is 18.8 Å². The van der Waals surface area contributed by atoms with E-state index in [2.05, 4.69) is 9.72 Å². The fourth-order valence-corrected chi connectivity index (χ4v) is 2.12. The topological polar surface area (TPSA) is 91.8 Å². The third-order valence-electron chi connectivity index (χ3n) is 3.32. The maximum absolute atomic E-state index is 11.9. The van der Waals surface area contributed by atoms with Gasteiger partial charge in [0.25, 0.3) is 0 Å². The second-order valence-corrected chi connectivity index (χ2v) is 5.11. The first kappa shape index (κ1) is 16.5. The van der Waals surface area contributed by atoms with E-state index in [4.69, 9.17) is 13.6 Å². The second kappa shape index (κ2) is 7.48. The molecule has 7 heteroatoms. The second-order valence-electron chi connectivity index (χ2n) is 5.11. The lowest BCUT2D eigenvalue weighted by atomic mass is 10.2. The first-order valence-corrected chi connectivity index (χ1v) is 7.48. The number of aromatic nitrogens is 1. The molecule has 0 saturated carbocycles. The van der Waals surface area contributed by atoms with Crippen LogP contribution in [0.25, 0.3) is 11.5 Å². The normalized spacial score (nSPS) is 10.4. The first-order valence-electron chi connectivity index (χ1n) is 7.48. The highest BCUT2D eigenvalue weighted by molar-refractivity contribution is 5.86. The minimum Gasteiger partial charge on any atom is -0.463 e. The van der Waals surface area contributed by atoms with Crippen LogP contribution in [0.4, 0.5) is 0 Å². The van der Waals surface area contributed by atoms with Crippen molar-refractivity contribution >= 4 is 11.9 Å². The molecule has 0 radical (unpaired) electrons. The van der Waals surface area contributed by atoms with Crippen LogP contribution in [0.3, 0.4) is 0 Å². The van der Waals surface area contributed by atoms with Gasteiger partial charge in [-0.3, -0.25) is 4.79 Å². The van der Waals surface area contributed by atoms with Crippen LogP contribution in [0, 0.1) is 0 Å². The Hall–Kier alpha value is -3.35. The van der Waals surface area contributed by atoms with E-state index in [1.54, 1.807) is 6.07 Å². The smallest absolute Gasteiger partial charge is 0.373 e. The summed E-state index contributed by atoms with van der Waals surface area (Å²) >= 11 is 0. The summed E-state index contributed by atoms with van der Waals surface area (Å²) < 4.78 is 20.2. The van der Waals surface area contributed by atoms with E-state index < -0.39 is 11.9 Å². The van der Waals surface area contributed by atoms with Crippen LogP contribution in [0.5, 0.6) is 0 Å². The van der Waals surface area contributed by atoms with Crippen molar-refractivity contribution in [2.45, 2.75) is 13.0 Å². The summed E-state index contributed by atoms with van der Waals surface area (Å²) in [6, 6.07) is 12.4. The molecule has 0 aliphatic heterocycles. The van der Waals surface area contributed by atoms with Crippen molar-refractivity contribution in [2.75, 3.05) is 7.11 Å². The van der Waals surface area contributed by atoms with Gasteiger partial charge in [-0.1, -0.05) is 18.2 Å². The molecule has 3 rings (SSSR count). The summed E-state index contributed by atoms with van der Waals surface area (Å²) in [7, 11) is 1.26. The summed E-state index contributed by atoms with van der Waals surface area (Å²) in [6.07, 6.45) is 1.40. The molecule has 0 aliphatic rings. The molecule has 7 nitrogen and oxygen atoms in total. The van der Waals surface area contributed by atoms with Gasteiger partial charge >= 0.3 is 11.9 Å². The highest BCUT2D eigenvalue weighted by Gasteiger charge is 2.14. The van der Waals surface area contributed by atoms with Gasteiger partial charge < -0.3 is 18.3 Å². The highest BCUT2D eigenvalue weighted by atomic mass is 16.5. The fourth-order valence-electron chi connectivity index (χ4n) is 2.12. The summed E-state index contributed by atoms with van der Waals surface area (Å²) in [6.45, 7) is -0.0841. The molecule has 0 N–H and O–H groups in total. The Labute approximate surface area is 143 Å². The maximum Gasteiger partial charge on any atom is 0.373 e. The van der Waals surface area contributed by atoms with Gasteiger partial charge in [0.15, 0.2) is 0 Å². The number of esters is 2. The summed E-state index contributed by atoms with van der Waals surface area (Å²) in [5.41, 5.74) is 1.30. The fraction of sp³-hybridized carbons (Fsp3) is 0.167. The average Bonchev–Trinajstić information content (AvgIpc) is 3.29. The quantitative estimate of drug-likeness (QED) is 0.636. The van der Waals surface area contributed by atoms with Gasteiger partial charge in [-0.15, -0.1) is 0 Å². The van der Waals surface area contributed by atoms with E-state index in [0.717, 1.165) is 5.56 Å². The van der Waals surface area contributed by atoms with E-state index in [1.807, 2.05) is 30.3 Å². The van der Waals surface area contributed by atoms with Crippen LogP contribution in [-0.4, -0.2) is 24.0 Å². The zero-order chi connectivity index (χ0) is 17.6. The van der Waals surface area contributed by atoms with Crippen molar-refractivity contribution in [3.63, 3.8) is 0 Å². The van der Waals surface area contributed by atoms with Crippen LogP contribution < -0.4 is 0 Å². The Morgan fingerprint density at radius 3 is 2.68 bits per heavy atom. The lowest BCUT2D eigenvalue weighted by Crippen LogP contribution is -2.08. The number of methoxy groups -OCH3 is 1. The molecule has 0 spiro atoms. The number of carbonyl (C=O) groups is 2. The third kappa shape index (κ3) is 4.14. The van der Waals surface area contributed by atoms with Crippen molar-refractivity contribution < 1.29 is 27.9 Å². The molecule has 0 bridgehead atoms. The van der Waals surface area contributed by atoms with Crippen molar-refractivity contribution in [1.82, 2.24) is 4.98 Å². The lowest BCUT2D eigenvalue weighted by molar-refractivity contribution is -0.144. The van der Waals surface area contributed by atoms with Crippen LogP contribution in [-0.2, 0) is 27.3 Å². The molecule has 0 unspecified atom stereocenters. The molecular weight excluding hydrogens is 326 g/mol. The van der Waals surface area contributed by atoms with Gasteiger partial charge in [-0.25, -0.2) is 9.78 Å². The molecule has 0 atom stereocenters. The number of carbonyl (C=O) groups excluding carboxylic acids is 2. The van der Waals surface area contributed by atoms with E-state index in [1.165, 1.54) is 19.4 Å². The van der Waals surface area contributed by atoms with E-state index in [9.17, 15) is 9.59 Å². The third-order valence-corrected chi connectivity index (χ3v) is 3.32. The Balaban J connectivity index is 1.54. The molecule has 0 aliphatic carbocycles. The number of nitrogens with zero attached hydrogens (tertiary/aromatic N) is 1. The van der Waals surface area contributed by atoms with Crippen LogP contribution in [0.15, 0.2) is 57.6 Å². The Morgan fingerprint density at radius 2 is 1.92 bits per heavy atom. The number of hydrogen-bond donors (Lipinski definition) is 0. The van der Waals surface area contributed by atoms with Crippen LogP contribution in [0.2, 0.25) is 0 Å². The summed E-state index contributed by atoms with van der Waals surface area (Å²) in [5, 5.41) is 0. The Bertz CT molecular complexity index is 865. The van der Waals surface area contributed by atoms with Crippen molar-refractivity contribution in [3.8, 4) is 11.5 Å². The SMILES string of the molecule is COC(=O)c1ccc(COC(=O)Cc2coc(-c3ccccc3)n2)o1. The number of oxazole rings is 1. The average molecular weight is 341 g/mol. The largest absolute Gasteiger partial charge is 0.463 e. The van der Waals surface area contributed by atoms with Gasteiger partial charge in [-0.05, 0) is 24.3 Å². The monoisotopic (exact) mass is 341 g/mol. The Morgan fingerprint density at radius 1 is 1.12 bits per heavy atom. The van der Waals surface area contributed by atoms with Gasteiger partial charge in [-0.2, -0.15) is 0 Å². The lowest BCUT2D eigenvalue weighted by Gasteiger charge is -2.01. The van der Waals surface area contributed by atoms with Crippen LogP contribution in [0.1, 0.15) is 22.0 Å². The summed E-state index contributed by atoms with van der Waals surface area (Å²) in [5.74, 6) is -0.230. The number of furan rings is 1. The van der Waals surface area contributed by atoms with Crippen molar-refractivity contribution in [3.05, 3.63) is 65.9 Å². The Kier molecular flexibility index (Phi) is 4.94. The molecule has 2 aromatic heterocycles. The molecule has 0 saturated heterocycles. The van der Waals surface area contributed by atoms with Crippen LogP contribution >= 0.6 is 0 Å². The van der Waals surface area contributed by atoms with E-state index in [0.29, 0.717) is 17.3 Å². The highest BCUT2D eigenvalue weighted by Crippen LogP contribution is 2.18. The van der Waals surface area contributed by atoms with Gasteiger partial charge in [0.2, 0.25) is 11.7 Å². The number of benzene rings is 1. The molecule has 128 valence electrons. The van der Waals surface area contributed by atoms with Crippen molar-refractivity contribution in [2.24, 2.45) is 0 Å². The minimum atomic E-state index is -0.589. The minimum absolute atomic E-state index is 0.0269. The molecule has 1 aromatic carbocycles. The summed E-state index contributed by atoms with van der Waals surface area (Å²) in [4.78, 5) is 27.4. The predicted molar refractivity (Wildman–Crippen MR) is 85.5 cm³/mol. The van der Waals surface area contributed by atoms with Gasteiger partial charge in [0, 0.05) is 5.56 Å². The predicted octanol–water partition coefficient (Wildman–Crippen LogP) is 3.01. The number of ether oxygens (including phenoxy) is 2. The molecule has 2 heterocycles. The number of hydrogen-bond acceptors (Lipinski definition) is 7. The van der Waals surface area contributed by atoms with Gasteiger partial charge in [0.05, 0.1) is 19.2 Å². The first-order chi connectivity index (χ1) is 12.2. The van der Waals surface area contributed by atoms with Crippen molar-refractivity contribution in [1.29, 1.82) is 0 Å². The molecule has 25 heavy (non-hydrogen) atoms. The molecule has 3 aromatic rings. The molecule has 0 fully saturated rings. The molecule has 0 amide bonds. The van der Waals surface area contributed by atoms with E-state index >= 15 is 0 Å². The maximum atomic E-state index is 11.9.